The number of anilines is 1. The zero-order valence-electron chi connectivity index (χ0n) is 9.70. The van der Waals surface area contributed by atoms with Crippen LogP contribution in [0.25, 0.3) is 0 Å². The van der Waals surface area contributed by atoms with Gasteiger partial charge in [0.1, 0.15) is 11.0 Å². The molecule has 1 rings (SSSR count). The number of nitrogens with zero attached hydrogens (tertiary/aromatic N) is 1. The van der Waals surface area contributed by atoms with E-state index in [0.29, 0.717) is 0 Å². The van der Waals surface area contributed by atoms with E-state index in [-0.39, 0.29) is 16.1 Å². The number of nitrogens with two attached hydrogens (primary N) is 2. The van der Waals surface area contributed by atoms with Crippen LogP contribution in [0.3, 0.4) is 0 Å². The molecule has 102 valence electrons. The minimum Gasteiger partial charge on any atom is -0.398 e. The number of primary amides is 1. The van der Waals surface area contributed by atoms with Crippen LogP contribution < -0.4 is 16.2 Å². The lowest BCUT2D eigenvalue weighted by Gasteiger charge is -2.11. The van der Waals surface area contributed by atoms with E-state index in [9.17, 15) is 13.2 Å². The minimum absolute atomic E-state index is 0.111. The van der Waals surface area contributed by atoms with Crippen LogP contribution in [0.15, 0.2) is 23.1 Å². The Hall–Kier alpha value is -2.15. The van der Waals surface area contributed by atoms with Gasteiger partial charge in [-0.25, -0.2) is 13.1 Å². The van der Waals surface area contributed by atoms with E-state index in [1.165, 1.54) is 12.1 Å². The van der Waals surface area contributed by atoms with Crippen LogP contribution in [0, 0.1) is 11.3 Å². The number of sulfonamides is 1. The first-order chi connectivity index (χ1) is 8.77. The number of aliphatic hydroxyl groups excluding tert-OH is 1. The predicted octanol–water partition coefficient (Wildman–Crippen LogP) is -1.74. The number of nitrogens with one attached hydrogen (secondary N) is 1. The van der Waals surface area contributed by atoms with Gasteiger partial charge >= 0.3 is 0 Å². The highest BCUT2D eigenvalue weighted by atomic mass is 32.2. The van der Waals surface area contributed by atoms with E-state index in [1.807, 2.05) is 10.8 Å². The van der Waals surface area contributed by atoms with Crippen LogP contribution in [0.4, 0.5) is 5.69 Å². The maximum Gasteiger partial charge on any atom is 0.247 e. The molecular weight excluding hydrogens is 272 g/mol. The van der Waals surface area contributed by atoms with Crippen molar-refractivity contribution in [3.8, 4) is 6.07 Å². The summed E-state index contributed by atoms with van der Waals surface area (Å²) in [7, 11) is -4.00. The standard InChI is InChI=1S/C10H12N4O4S/c11-4-6-1-2-9(7(12)3-6)19(17,18)14-5-8(15)10(13)16/h1-3,8,14-15H,5,12H2,(H2,13,16). The fraction of sp³-hybridized carbons (Fsp3) is 0.200. The molecule has 6 N–H and O–H groups in total. The maximum atomic E-state index is 11.8. The number of amides is 1. The van der Waals surface area contributed by atoms with E-state index >= 15 is 0 Å². The van der Waals surface area contributed by atoms with E-state index in [2.05, 4.69) is 0 Å². The molecule has 0 saturated carbocycles. The molecule has 9 heteroatoms. The van der Waals surface area contributed by atoms with Gasteiger partial charge in [0.2, 0.25) is 15.9 Å². The monoisotopic (exact) mass is 284 g/mol. The van der Waals surface area contributed by atoms with Crippen molar-refractivity contribution in [2.75, 3.05) is 12.3 Å². The number of aliphatic hydroxyl groups is 1. The Morgan fingerprint density at radius 3 is 2.63 bits per heavy atom. The SMILES string of the molecule is N#Cc1ccc(S(=O)(=O)NCC(O)C(N)=O)c(N)c1. The molecule has 8 nitrogen and oxygen atoms in total. The number of rotatable bonds is 5. The van der Waals surface area contributed by atoms with Crippen molar-refractivity contribution in [2.45, 2.75) is 11.0 Å². The minimum atomic E-state index is -4.00. The van der Waals surface area contributed by atoms with Gasteiger partial charge in [-0.05, 0) is 18.2 Å². The van der Waals surface area contributed by atoms with Gasteiger partial charge in [-0.1, -0.05) is 0 Å². The van der Waals surface area contributed by atoms with Crippen LogP contribution in [0.2, 0.25) is 0 Å². The first kappa shape index (κ1) is 14.9. The average molecular weight is 284 g/mol. The predicted molar refractivity (Wildman–Crippen MR) is 66.0 cm³/mol. The molecular formula is C10H12N4O4S. The first-order valence-electron chi connectivity index (χ1n) is 5.04. The molecule has 1 aromatic rings. The zero-order valence-corrected chi connectivity index (χ0v) is 10.5. The molecule has 1 unspecified atom stereocenters. The van der Waals surface area contributed by atoms with E-state index in [4.69, 9.17) is 21.8 Å². The lowest BCUT2D eigenvalue weighted by atomic mass is 10.2. The number of nitrogen functional groups attached to an aromatic ring is 1. The first-order valence-corrected chi connectivity index (χ1v) is 6.53. The molecule has 0 aromatic heterocycles. The second kappa shape index (κ2) is 5.66. The van der Waals surface area contributed by atoms with Gasteiger partial charge in [0.15, 0.2) is 0 Å². The summed E-state index contributed by atoms with van der Waals surface area (Å²) in [6, 6.07) is 5.47. The van der Waals surface area contributed by atoms with Crippen molar-refractivity contribution in [3.05, 3.63) is 23.8 Å². The van der Waals surface area contributed by atoms with Gasteiger partial charge < -0.3 is 16.6 Å². The van der Waals surface area contributed by atoms with Gasteiger partial charge in [0.25, 0.3) is 0 Å². The number of hydrogen-bond acceptors (Lipinski definition) is 6. The second-order valence-electron chi connectivity index (χ2n) is 3.63. The van der Waals surface area contributed by atoms with E-state index < -0.39 is 28.6 Å². The summed E-state index contributed by atoms with van der Waals surface area (Å²) in [6.07, 6.45) is -1.63. The summed E-state index contributed by atoms with van der Waals surface area (Å²) in [5, 5.41) is 17.8. The number of carbonyl (C=O) groups is 1. The second-order valence-corrected chi connectivity index (χ2v) is 5.37. The highest BCUT2D eigenvalue weighted by Gasteiger charge is 2.20. The largest absolute Gasteiger partial charge is 0.398 e. The van der Waals surface area contributed by atoms with Gasteiger partial charge in [0.05, 0.1) is 17.3 Å². The van der Waals surface area contributed by atoms with Crippen LogP contribution in [-0.2, 0) is 14.8 Å². The van der Waals surface area contributed by atoms with E-state index in [0.717, 1.165) is 6.07 Å². The number of nitriles is 1. The summed E-state index contributed by atoms with van der Waals surface area (Å²) in [4.78, 5) is 10.3. The Morgan fingerprint density at radius 1 is 1.53 bits per heavy atom. The van der Waals surface area contributed by atoms with Gasteiger partial charge in [-0.3, -0.25) is 4.79 Å². The highest BCUT2D eigenvalue weighted by molar-refractivity contribution is 7.89. The Morgan fingerprint density at radius 2 is 2.16 bits per heavy atom. The van der Waals surface area contributed by atoms with Crippen LogP contribution in [0.5, 0.6) is 0 Å². The van der Waals surface area contributed by atoms with Crippen molar-refractivity contribution in [1.82, 2.24) is 4.72 Å². The van der Waals surface area contributed by atoms with Crippen molar-refractivity contribution in [3.63, 3.8) is 0 Å². The topological polar surface area (TPSA) is 159 Å². The van der Waals surface area contributed by atoms with Gasteiger partial charge in [0, 0.05) is 6.54 Å². The van der Waals surface area contributed by atoms with Gasteiger partial charge in [-0.2, -0.15) is 5.26 Å². The third-order valence-electron chi connectivity index (χ3n) is 2.22. The number of carbonyl (C=O) groups excluding carboxylic acids is 1. The maximum absolute atomic E-state index is 11.8. The molecule has 0 spiro atoms. The fourth-order valence-electron chi connectivity index (χ4n) is 1.23. The molecule has 1 amide bonds. The van der Waals surface area contributed by atoms with Gasteiger partial charge in [-0.15, -0.1) is 0 Å². The summed E-state index contributed by atoms with van der Waals surface area (Å²) < 4.78 is 25.7. The molecule has 1 atom stereocenters. The quantitative estimate of drug-likeness (QED) is 0.470. The zero-order chi connectivity index (χ0) is 14.6. The van der Waals surface area contributed by atoms with Crippen molar-refractivity contribution < 1.29 is 18.3 Å². The smallest absolute Gasteiger partial charge is 0.247 e. The van der Waals surface area contributed by atoms with Crippen molar-refractivity contribution in [2.24, 2.45) is 5.73 Å². The number of hydrogen-bond donors (Lipinski definition) is 4. The molecule has 0 fully saturated rings. The molecule has 0 heterocycles. The molecule has 1 aromatic carbocycles. The summed E-state index contributed by atoms with van der Waals surface area (Å²) >= 11 is 0. The Balaban J connectivity index is 2.96. The average Bonchev–Trinajstić information content (AvgIpc) is 2.35. The summed E-state index contributed by atoms with van der Waals surface area (Å²) in [5.41, 5.74) is 10.4. The van der Waals surface area contributed by atoms with Crippen LogP contribution >= 0.6 is 0 Å². The van der Waals surface area contributed by atoms with Crippen molar-refractivity contribution >= 4 is 21.6 Å². The lowest BCUT2D eigenvalue weighted by molar-refractivity contribution is -0.125. The fourth-order valence-corrected chi connectivity index (χ4v) is 2.38. The third-order valence-corrected chi connectivity index (χ3v) is 3.72. The molecule has 0 saturated heterocycles. The van der Waals surface area contributed by atoms with E-state index in [1.54, 1.807) is 0 Å². The molecule has 0 aliphatic heterocycles. The Labute approximate surface area is 109 Å². The highest BCUT2D eigenvalue weighted by Crippen LogP contribution is 2.19. The molecule has 0 aliphatic rings. The molecule has 19 heavy (non-hydrogen) atoms. The Kier molecular flexibility index (Phi) is 4.44. The van der Waals surface area contributed by atoms with Crippen LogP contribution in [-0.4, -0.2) is 32.1 Å². The molecule has 0 bridgehead atoms. The summed E-state index contributed by atoms with van der Waals surface area (Å²) in [6.45, 7) is -0.558. The molecule has 0 aliphatic carbocycles. The molecule has 0 radical (unpaired) electrons. The number of benzene rings is 1. The third kappa shape index (κ3) is 3.65. The summed E-state index contributed by atoms with van der Waals surface area (Å²) in [5.74, 6) is -1.05. The lowest BCUT2D eigenvalue weighted by Crippen LogP contribution is -2.40. The Bertz CT molecular complexity index is 635. The normalized spacial score (nSPS) is 12.6. The van der Waals surface area contributed by atoms with Crippen LogP contribution in [0.1, 0.15) is 5.56 Å². The van der Waals surface area contributed by atoms with Crippen molar-refractivity contribution in [1.29, 1.82) is 5.26 Å².